The minimum absolute atomic E-state index is 0.0629. The molecule has 0 fully saturated rings. The second kappa shape index (κ2) is 10.5. The Morgan fingerprint density at radius 1 is 1.17 bits per heavy atom. The Bertz CT molecular complexity index is 1490. The number of nitrogens with one attached hydrogen (secondary N) is 1. The maximum Gasteiger partial charge on any atom is 0.267 e. The summed E-state index contributed by atoms with van der Waals surface area (Å²) in [7, 11) is 0. The van der Waals surface area contributed by atoms with Crippen LogP contribution in [0.25, 0.3) is 15.9 Å². The van der Waals surface area contributed by atoms with Gasteiger partial charge in [-0.25, -0.2) is 10.4 Å². The number of hydrogen-bond donors (Lipinski definition) is 1. The average Bonchev–Trinajstić information content (AvgIpc) is 3.25. The quantitative estimate of drug-likeness (QED) is 0.140. The Kier molecular flexibility index (Phi) is 7.17. The lowest BCUT2D eigenvalue weighted by molar-refractivity contribution is -0.118. The van der Waals surface area contributed by atoms with Crippen molar-refractivity contribution >= 4 is 60.9 Å². The predicted molar refractivity (Wildman–Crippen MR) is 147 cm³/mol. The second-order valence-corrected chi connectivity index (χ2v) is 11.2. The smallest absolute Gasteiger partial charge is 0.267 e. The van der Waals surface area contributed by atoms with Gasteiger partial charge in [-0.1, -0.05) is 58.0 Å². The molecule has 35 heavy (non-hydrogen) atoms. The van der Waals surface area contributed by atoms with E-state index in [1.165, 1.54) is 16.6 Å². The lowest BCUT2D eigenvalue weighted by atomic mass is 9.97. The van der Waals surface area contributed by atoms with Gasteiger partial charge in [-0.3, -0.25) is 14.2 Å². The van der Waals surface area contributed by atoms with Crippen molar-refractivity contribution in [2.75, 3.05) is 5.75 Å². The number of nitrogens with zero attached hydrogens (tertiary/aromatic N) is 3. The zero-order valence-electron chi connectivity index (χ0n) is 19.1. The number of aromatic nitrogens is 2. The van der Waals surface area contributed by atoms with E-state index < -0.39 is 0 Å². The summed E-state index contributed by atoms with van der Waals surface area (Å²) in [6.45, 7) is 1.84. The zero-order chi connectivity index (χ0) is 24.4. The molecule has 5 rings (SSSR count). The van der Waals surface area contributed by atoms with E-state index in [2.05, 4.69) is 26.5 Å². The monoisotopic (exact) mass is 566 g/mol. The summed E-state index contributed by atoms with van der Waals surface area (Å²) in [6, 6.07) is 17.2. The van der Waals surface area contributed by atoms with Crippen LogP contribution in [-0.4, -0.2) is 26.9 Å². The third-order valence-corrected chi connectivity index (χ3v) is 8.51. The van der Waals surface area contributed by atoms with Crippen LogP contribution < -0.4 is 11.0 Å². The summed E-state index contributed by atoms with van der Waals surface area (Å²) in [5.74, 6) is -0.172. The molecule has 0 aliphatic heterocycles. The normalized spacial score (nSPS) is 13.6. The van der Waals surface area contributed by atoms with Crippen molar-refractivity contribution in [3.8, 4) is 5.69 Å². The third kappa shape index (κ3) is 5.12. The molecule has 2 aromatic heterocycles. The van der Waals surface area contributed by atoms with Gasteiger partial charge >= 0.3 is 0 Å². The molecule has 0 atom stereocenters. The van der Waals surface area contributed by atoms with E-state index in [1.807, 2.05) is 61.5 Å². The van der Waals surface area contributed by atoms with E-state index in [-0.39, 0.29) is 17.2 Å². The summed E-state index contributed by atoms with van der Waals surface area (Å²) in [4.78, 5) is 33.2. The zero-order valence-corrected chi connectivity index (χ0v) is 22.3. The molecule has 0 unspecified atom stereocenters. The summed E-state index contributed by atoms with van der Waals surface area (Å²) in [5, 5.41) is 5.48. The van der Waals surface area contributed by atoms with Crippen molar-refractivity contribution in [3.63, 3.8) is 0 Å². The molecule has 0 spiro atoms. The molecule has 6 nitrogen and oxygen atoms in total. The number of aryl methyl sites for hydroxylation is 2. The van der Waals surface area contributed by atoms with Crippen LogP contribution in [0, 0.1) is 0 Å². The average molecular weight is 568 g/mol. The van der Waals surface area contributed by atoms with Gasteiger partial charge in [0.15, 0.2) is 5.16 Å². The molecule has 2 heterocycles. The SMILES string of the molecule is CC(=NNC(=O)CSc1nc2sc3c(c2c(=O)n1-c1ccccc1)CCCC3)c1cccc(Br)c1. The minimum atomic E-state index is -0.260. The Morgan fingerprint density at radius 2 is 1.97 bits per heavy atom. The van der Waals surface area contributed by atoms with Gasteiger partial charge in [0.1, 0.15) is 4.83 Å². The number of fused-ring (bicyclic) bond motifs is 3. The van der Waals surface area contributed by atoms with Crippen LogP contribution in [-0.2, 0) is 17.6 Å². The first-order valence-corrected chi connectivity index (χ1v) is 14.0. The van der Waals surface area contributed by atoms with E-state index in [4.69, 9.17) is 4.98 Å². The molecule has 1 aliphatic carbocycles. The summed E-state index contributed by atoms with van der Waals surface area (Å²) in [5.41, 5.74) is 6.08. The van der Waals surface area contributed by atoms with E-state index in [0.717, 1.165) is 57.2 Å². The Balaban J connectivity index is 1.43. The number of hydrazone groups is 1. The first kappa shape index (κ1) is 24.0. The van der Waals surface area contributed by atoms with Gasteiger partial charge in [0.05, 0.1) is 22.5 Å². The Morgan fingerprint density at radius 3 is 2.77 bits per heavy atom. The standard InChI is InChI=1S/C26H23BrN4O2S2/c1-16(17-8-7-9-18(27)14-17)29-30-22(32)15-34-26-28-24-23(20-12-5-6-13-21(20)35-24)25(33)31(26)19-10-3-2-4-11-19/h2-4,7-11,14H,5-6,12-13,15H2,1H3,(H,30,32). The molecule has 4 aromatic rings. The molecular weight excluding hydrogens is 544 g/mol. The van der Waals surface area contributed by atoms with Crippen molar-refractivity contribution < 1.29 is 4.79 Å². The molecular formula is C26H23BrN4O2S2. The number of benzene rings is 2. The number of thioether (sulfide) groups is 1. The molecule has 0 saturated heterocycles. The van der Waals surface area contributed by atoms with Crippen molar-refractivity contribution in [1.29, 1.82) is 0 Å². The van der Waals surface area contributed by atoms with Gasteiger partial charge in [0.2, 0.25) is 0 Å². The fourth-order valence-electron chi connectivity index (χ4n) is 4.17. The van der Waals surface area contributed by atoms with Crippen molar-refractivity contribution in [1.82, 2.24) is 15.0 Å². The summed E-state index contributed by atoms with van der Waals surface area (Å²) in [6.07, 6.45) is 4.17. The van der Waals surface area contributed by atoms with Gasteiger partial charge in [-0.15, -0.1) is 11.3 Å². The lowest BCUT2D eigenvalue weighted by Gasteiger charge is -2.13. The maximum absolute atomic E-state index is 13.7. The molecule has 0 bridgehead atoms. The first-order chi connectivity index (χ1) is 17.0. The number of halogens is 1. The topological polar surface area (TPSA) is 76.3 Å². The Labute approximate surface area is 219 Å². The molecule has 178 valence electrons. The van der Waals surface area contributed by atoms with E-state index in [1.54, 1.807) is 15.9 Å². The predicted octanol–water partition coefficient (Wildman–Crippen LogP) is 5.72. The molecule has 9 heteroatoms. The summed E-state index contributed by atoms with van der Waals surface area (Å²) < 4.78 is 2.58. The van der Waals surface area contributed by atoms with Crippen molar-refractivity contribution in [2.45, 2.75) is 37.8 Å². The van der Waals surface area contributed by atoms with Gasteiger partial charge in [0.25, 0.3) is 11.5 Å². The molecule has 1 aliphatic rings. The van der Waals surface area contributed by atoms with Crippen molar-refractivity contribution in [2.24, 2.45) is 5.10 Å². The van der Waals surface area contributed by atoms with Crippen LogP contribution in [0.3, 0.4) is 0 Å². The van der Waals surface area contributed by atoms with Gasteiger partial charge in [0, 0.05) is 9.35 Å². The molecule has 2 aromatic carbocycles. The number of rotatable bonds is 6. The number of para-hydroxylation sites is 1. The van der Waals surface area contributed by atoms with Crippen LogP contribution >= 0.6 is 39.0 Å². The van der Waals surface area contributed by atoms with Crippen LogP contribution in [0.5, 0.6) is 0 Å². The fourth-order valence-corrected chi connectivity index (χ4v) is 6.68. The number of amides is 1. The van der Waals surface area contributed by atoms with Crippen LogP contribution in [0.4, 0.5) is 0 Å². The number of hydrogen-bond acceptors (Lipinski definition) is 6. The highest BCUT2D eigenvalue weighted by molar-refractivity contribution is 9.10. The number of carbonyl (C=O) groups is 1. The van der Waals surface area contributed by atoms with E-state index in [0.29, 0.717) is 10.9 Å². The fraction of sp³-hybridized carbons (Fsp3) is 0.231. The lowest BCUT2D eigenvalue weighted by Crippen LogP contribution is -2.24. The summed E-state index contributed by atoms with van der Waals surface area (Å²) >= 11 is 6.31. The van der Waals surface area contributed by atoms with Crippen LogP contribution in [0.1, 0.15) is 35.8 Å². The molecule has 1 N–H and O–H groups in total. The molecule has 0 radical (unpaired) electrons. The Hall–Kier alpha value is -2.75. The number of carbonyl (C=O) groups excluding carboxylic acids is 1. The third-order valence-electron chi connectivity index (χ3n) is 5.90. The van der Waals surface area contributed by atoms with Crippen LogP contribution in [0.15, 0.2) is 74.1 Å². The second-order valence-electron chi connectivity index (χ2n) is 8.29. The van der Waals surface area contributed by atoms with E-state index in [9.17, 15) is 9.59 Å². The van der Waals surface area contributed by atoms with E-state index >= 15 is 0 Å². The van der Waals surface area contributed by atoms with Crippen molar-refractivity contribution in [3.05, 3.63) is 85.4 Å². The van der Waals surface area contributed by atoms with Gasteiger partial charge in [-0.2, -0.15) is 5.10 Å². The van der Waals surface area contributed by atoms with Gasteiger partial charge in [-0.05, 0) is 68.0 Å². The minimum Gasteiger partial charge on any atom is -0.272 e. The maximum atomic E-state index is 13.7. The molecule has 1 amide bonds. The highest BCUT2D eigenvalue weighted by Gasteiger charge is 2.23. The highest BCUT2D eigenvalue weighted by Crippen LogP contribution is 2.35. The first-order valence-electron chi connectivity index (χ1n) is 11.4. The number of thiophene rings is 1. The molecule has 0 saturated carbocycles. The van der Waals surface area contributed by atoms with Crippen LogP contribution in [0.2, 0.25) is 0 Å². The highest BCUT2D eigenvalue weighted by atomic mass is 79.9. The largest absolute Gasteiger partial charge is 0.272 e. The van der Waals surface area contributed by atoms with Gasteiger partial charge < -0.3 is 0 Å².